The molecule has 7 heteroatoms. The van der Waals surface area contributed by atoms with Gasteiger partial charge in [0, 0.05) is 0 Å². The van der Waals surface area contributed by atoms with Crippen LogP contribution in [0.5, 0.6) is 0 Å². The molecule has 2 aromatic rings. The SMILES string of the molecule is O=[N+]([O-])c1c(Br)ccc2n[se]nc12. The van der Waals surface area contributed by atoms with Crippen LogP contribution in [0.25, 0.3) is 11.0 Å². The van der Waals surface area contributed by atoms with E-state index < -0.39 is 4.92 Å². The van der Waals surface area contributed by atoms with Gasteiger partial charge in [-0.1, -0.05) is 0 Å². The van der Waals surface area contributed by atoms with Crippen molar-refractivity contribution in [2.45, 2.75) is 0 Å². The molecule has 0 aliphatic rings. The summed E-state index contributed by atoms with van der Waals surface area (Å²) in [5.74, 6) is 0. The van der Waals surface area contributed by atoms with Gasteiger partial charge in [-0.25, -0.2) is 0 Å². The van der Waals surface area contributed by atoms with E-state index in [4.69, 9.17) is 0 Å². The molecule has 0 saturated carbocycles. The van der Waals surface area contributed by atoms with Gasteiger partial charge < -0.3 is 0 Å². The van der Waals surface area contributed by atoms with Gasteiger partial charge in [-0.15, -0.1) is 0 Å². The standard InChI is InChI=1S/C6H2BrN3O2Se/c7-3-1-2-4-5(9-13-8-4)6(3)10(11)12/h1-2H. The number of aromatic nitrogens is 2. The molecule has 0 saturated heterocycles. The van der Waals surface area contributed by atoms with Crippen molar-refractivity contribution < 1.29 is 4.92 Å². The van der Waals surface area contributed by atoms with E-state index >= 15 is 0 Å². The molecule has 0 radical (unpaired) electrons. The molecule has 0 N–H and O–H groups in total. The van der Waals surface area contributed by atoms with Crippen molar-refractivity contribution in [3.8, 4) is 0 Å². The van der Waals surface area contributed by atoms with E-state index in [0.29, 0.717) is 15.5 Å². The number of nitro groups is 1. The molecule has 0 atom stereocenters. The predicted octanol–water partition coefficient (Wildman–Crippen LogP) is 1.36. The van der Waals surface area contributed by atoms with Crippen LogP contribution < -0.4 is 0 Å². The van der Waals surface area contributed by atoms with Crippen molar-refractivity contribution in [2.75, 3.05) is 0 Å². The molecule has 1 heterocycles. The Morgan fingerprint density at radius 2 is 2.23 bits per heavy atom. The van der Waals surface area contributed by atoms with E-state index in [1.165, 1.54) is 0 Å². The van der Waals surface area contributed by atoms with Crippen LogP contribution >= 0.6 is 15.9 Å². The number of rotatable bonds is 1. The molecule has 5 nitrogen and oxygen atoms in total. The second-order valence-electron chi connectivity index (χ2n) is 2.29. The molecule has 0 amide bonds. The third kappa shape index (κ3) is 1.39. The summed E-state index contributed by atoms with van der Waals surface area (Å²) in [6, 6.07) is 3.35. The fraction of sp³-hybridized carbons (Fsp3) is 0. The van der Waals surface area contributed by atoms with E-state index in [9.17, 15) is 10.1 Å². The molecular formula is C6H2BrN3O2Se. The quantitative estimate of drug-likeness (QED) is 0.453. The van der Waals surface area contributed by atoms with Crippen molar-refractivity contribution in [2.24, 2.45) is 0 Å². The number of hydrogen-bond donors (Lipinski definition) is 0. The zero-order chi connectivity index (χ0) is 9.42. The van der Waals surface area contributed by atoms with E-state index in [1.54, 1.807) is 12.1 Å². The summed E-state index contributed by atoms with van der Waals surface area (Å²) >= 11 is 2.89. The third-order valence-corrected chi connectivity index (χ3v) is 3.31. The molecule has 1 aromatic heterocycles. The number of benzene rings is 1. The summed E-state index contributed by atoms with van der Waals surface area (Å²) in [5, 5.41) is 10.7. The Balaban J connectivity index is 2.88. The monoisotopic (exact) mass is 307 g/mol. The maximum absolute atomic E-state index is 10.7. The molecule has 0 bridgehead atoms. The van der Waals surface area contributed by atoms with Crippen LogP contribution in [0.1, 0.15) is 0 Å². The molecule has 0 aliphatic heterocycles. The number of hydrogen-bond acceptors (Lipinski definition) is 4. The van der Waals surface area contributed by atoms with Crippen LogP contribution in [0, 0.1) is 10.1 Å². The first kappa shape index (κ1) is 8.80. The minimum absolute atomic E-state index is 0.0145. The molecule has 66 valence electrons. The number of nitro benzene ring substituents is 1. The van der Waals surface area contributed by atoms with Crippen molar-refractivity contribution in [3.05, 3.63) is 26.7 Å². The summed E-state index contributed by atoms with van der Waals surface area (Å²) < 4.78 is 8.51. The average Bonchev–Trinajstić information content (AvgIpc) is 2.50. The van der Waals surface area contributed by atoms with Crippen LogP contribution in [0.4, 0.5) is 5.69 Å². The number of halogens is 1. The Kier molecular flexibility index (Phi) is 2.15. The Labute approximate surface area is 87.3 Å². The summed E-state index contributed by atoms with van der Waals surface area (Å²) in [5.41, 5.74) is 1.04. The van der Waals surface area contributed by atoms with Crippen molar-refractivity contribution in [1.29, 1.82) is 0 Å². The van der Waals surface area contributed by atoms with Gasteiger partial charge in [-0.2, -0.15) is 0 Å². The first-order chi connectivity index (χ1) is 6.20. The zero-order valence-corrected chi connectivity index (χ0v) is 9.40. The van der Waals surface area contributed by atoms with E-state index in [1.807, 2.05) is 0 Å². The molecule has 0 spiro atoms. The second-order valence-corrected chi connectivity index (χ2v) is 4.25. The van der Waals surface area contributed by atoms with Gasteiger partial charge in [0.25, 0.3) is 0 Å². The normalized spacial score (nSPS) is 10.5. The maximum atomic E-state index is 10.7. The molecule has 2 rings (SSSR count). The van der Waals surface area contributed by atoms with Crippen LogP contribution in [-0.2, 0) is 0 Å². The predicted molar refractivity (Wildman–Crippen MR) is 50.8 cm³/mol. The zero-order valence-electron chi connectivity index (χ0n) is 6.10. The molecule has 0 fully saturated rings. The molecule has 0 unspecified atom stereocenters. The number of nitrogens with zero attached hydrogens (tertiary/aromatic N) is 3. The Morgan fingerprint density at radius 1 is 1.46 bits per heavy atom. The first-order valence-corrected chi connectivity index (χ1v) is 5.58. The molecule has 0 aliphatic carbocycles. The second kappa shape index (κ2) is 3.17. The number of fused-ring (bicyclic) bond motifs is 1. The van der Waals surface area contributed by atoms with Crippen molar-refractivity contribution in [1.82, 2.24) is 7.96 Å². The average molecular weight is 307 g/mol. The van der Waals surface area contributed by atoms with Crippen LogP contribution in [0.3, 0.4) is 0 Å². The van der Waals surface area contributed by atoms with Gasteiger partial charge in [0.15, 0.2) is 0 Å². The minimum atomic E-state index is -0.441. The molecule has 1 aromatic carbocycles. The van der Waals surface area contributed by atoms with Crippen LogP contribution in [0.2, 0.25) is 0 Å². The summed E-state index contributed by atoms with van der Waals surface area (Å²) in [7, 11) is 0. The van der Waals surface area contributed by atoms with Gasteiger partial charge in [-0.05, 0) is 0 Å². The first-order valence-electron chi connectivity index (χ1n) is 3.25. The Hall–Kier alpha value is -0.781. The molecular weight excluding hydrogens is 305 g/mol. The summed E-state index contributed by atoms with van der Waals surface area (Å²) in [6.45, 7) is 0. The summed E-state index contributed by atoms with van der Waals surface area (Å²) in [6.07, 6.45) is 0. The topological polar surface area (TPSA) is 68.9 Å². The Morgan fingerprint density at radius 3 is 2.92 bits per heavy atom. The summed E-state index contributed by atoms with van der Waals surface area (Å²) in [4.78, 5) is 10.2. The van der Waals surface area contributed by atoms with Gasteiger partial charge in [0.1, 0.15) is 0 Å². The van der Waals surface area contributed by atoms with E-state index in [2.05, 4.69) is 23.9 Å². The van der Waals surface area contributed by atoms with Crippen LogP contribution in [0.15, 0.2) is 16.6 Å². The fourth-order valence-corrected chi connectivity index (χ4v) is 2.58. The third-order valence-electron chi connectivity index (χ3n) is 1.53. The fourth-order valence-electron chi connectivity index (χ4n) is 0.987. The van der Waals surface area contributed by atoms with Crippen LogP contribution in [-0.4, -0.2) is 27.8 Å². The van der Waals surface area contributed by atoms with Gasteiger partial charge >= 0.3 is 87.2 Å². The van der Waals surface area contributed by atoms with Crippen molar-refractivity contribution in [3.63, 3.8) is 0 Å². The van der Waals surface area contributed by atoms with E-state index in [-0.39, 0.29) is 20.6 Å². The van der Waals surface area contributed by atoms with Gasteiger partial charge in [0.05, 0.1) is 0 Å². The Bertz CT molecular complexity index is 484. The molecule has 13 heavy (non-hydrogen) atoms. The van der Waals surface area contributed by atoms with Crippen molar-refractivity contribution >= 4 is 47.6 Å². The van der Waals surface area contributed by atoms with E-state index in [0.717, 1.165) is 0 Å². The van der Waals surface area contributed by atoms with Gasteiger partial charge in [0.2, 0.25) is 0 Å². The van der Waals surface area contributed by atoms with Gasteiger partial charge in [-0.3, -0.25) is 0 Å².